The lowest BCUT2D eigenvalue weighted by molar-refractivity contribution is -0.113. The highest BCUT2D eigenvalue weighted by atomic mass is 35.5. The minimum Gasteiger partial charge on any atom is -0.497 e. The number of carbonyl (C=O) groups excluding carboxylic acids is 1. The molecule has 0 fully saturated rings. The highest BCUT2D eigenvalue weighted by Gasteiger charge is 2.22. The molecule has 0 radical (unpaired) electrons. The number of rotatable bonds is 9. The number of nitrogens with one attached hydrogen (secondary N) is 1. The highest BCUT2D eigenvalue weighted by Crippen LogP contribution is 2.30. The van der Waals surface area contributed by atoms with Crippen LogP contribution in [0, 0.1) is 0 Å². The zero-order chi connectivity index (χ0) is 23.3. The number of methoxy groups -OCH3 is 1. The van der Waals surface area contributed by atoms with Crippen LogP contribution in [0.4, 0.5) is 5.69 Å². The number of carbonyl (C=O) groups is 1. The van der Waals surface area contributed by atoms with Crippen molar-refractivity contribution in [2.24, 2.45) is 0 Å². The monoisotopic (exact) mass is 494 g/mol. The van der Waals surface area contributed by atoms with Crippen LogP contribution in [-0.2, 0) is 4.79 Å². The van der Waals surface area contributed by atoms with E-state index < -0.39 is 0 Å². The molecule has 10 heteroatoms. The molecule has 0 saturated carbocycles. The van der Waals surface area contributed by atoms with Crippen molar-refractivity contribution in [3.63, 3.8) is 0 Å². The van der Waals surface area contributed by atoms with Gasteiger partial charge in [-0.1, -0.05) is 41.0 Å². The Morgan fingerprint density at radius 1 is 1.12 bits per heavy atom. The Bertz CT molecular complexity index is 1090. The van der Waals surface area contributed by atoms with Crippen LogP contribution in [-0.4, -0.2) is 33.5 Å². The summed E-state index contributed by atoms with van der Waals surface area (Å²) in [6.07, 6.45) is -0.356. The summed E-state index contributed by atoms with van der Waals surface area (Å²) in [5, 5.41) is 12.9. The largest absolute Gasteiger partial charge is 0.497 e. The Balaban J connectivity index is 1.70. The number of hydrogen-bond donors (Lipinski definition) is 1. The molecule has 1 heterocycles. The van der Waals surface area contributed by atoms with Crippen LogP contribution in [0.1, 0.15) is 38.7 Å². The van der Waals surface area contributed by atoms with Crippen molar-refractivity contribution >= 4 is 46.6 Å². The number of aromatic nitrogens is 3. The lowest BCUT2D eigenvalue weighted by atomic mass is 10.3. The summed E-state index contributed by atoms with van der Waals surface area (Å²) in [5.74, 6) is 1.96. The first kappa shape index (κ1) is 24.2. The third-order valence-corrected chi connectivity index (χ3v) is 5.97. The minimum atomic E-state index is -0.356. The van der Waals surface area contributed by atoms with Gasteiger partial charge in [-0.3, -0.25) is 4.79 Å². The van der Waals surface area contributed by atoms with Gasteiger partial charge < -0.3 is 19.4 Å². The van der Waals surface area contributed by atoms with E-state index in [0.29, 0.717) is 38.2 Å². The molecule has 1 aromatic heterocycles. The van der Waals surface area contributed by atoms with Crippen LogP contribution >= 0.6 is 35.0 Å². The SMILES string of the molecule is COc1cccc(OC(C)c2nnc(SCC(=O)Nc3cc(Cl)ccc3Cl)n2C(C)C)c1. The van der Waals surface area contributed by atoms with Crippen LogP contribution < -0.4 is 14.8 Å². The van der Waals surface area contributed by atoms with E-state index >= 15 is 0 Å². The van der Waals surface area contributed by atoms with Crippen molar-refractivity contribution in [3.8, 4) is 11.5 Å². The normalized spacial score (nSPS) is 12.0. The number of thioether (sulfide) groups is 1. The summed E-state index contributed by atoms with van der Waals surface area (Å²) < 4.78 is 13.3. The van der Waals surface area contributed by atoms with E-state index in [1.807, 2.05) is 49.6 Å². The van der Waals surface area contributed by atoms with Gasteiger partial charge in [-0.15, -0.1) is 10.2 Å². The molecule has 32 heavy (non-hydrogen) atoms. The van der Waals surface area contributed by atoms with E-state index in [-0.39, 0.29) is 23.8 Å². The molecular weight excluding hydrogens is 471 g/mol. The van der Waals surface area contributed by atoms with E-state index in [4.69, 9.17) is 32.7 Å². The molecule has 2 aromatic carbocycles. The zero-order valence-corrected chi connectivity index (χ0v) is 20.5. The smallest absolute Gasteiger partial charge is 0.234 e. The molecular formula is C22H24Cl2N4O3S. The Morgan fingerprint density at radius 2 is 1.88 bits per heavy atom. The van der Waals surface area contributed by atoms with Gasteiger partial charge in [0.15, 0.2) is 17.1 Å². The van der Waals surface area contributed by atoms with Crippen molar-refractivity contribution in [3.05, 3.63) is 58.3 Å². The van der Waals surface area contributed by atoms with Crippen LogP contribution in [0.25, 0.3) is 0 Å². The summed E-state index contributed by atoms with van der Waals surface area (Å²) in [4.78, 5) is 12.4. The van der Waals surface area contributed by atoms with Crippen molar-refractivity contribution in [1.29, 1.82) is 0 Å². The molecule has 0 saturated heterocycles. The minimum absolute atomic E-state index is 0.0734. The number of halogens is 2. The maximum Gasteiger partial charge on any atom is 0.234 e. The van der Waals surface area contributed by atoms with Gasteiger partial charge in [0.1, 0.15) is 11.5 Å². The Kier molecular flexibility index (Phi) is 8.28. The van der Waals surface area contributed by atoms with Gasteiger partial charge in [0.05, 0.1) is 23.6 Å². The fourth-order valence-electron chi connectivity index (χ4n) is 2.99. The maximum absolute atomic E-state index is 12.4. The van der Waals surface area contributed by atoms with Crippen LogP contribution in [0.15, 0.2) is 47.6 Å². The molecule has 0 bridgehead atoms. The van der Waals surface area contributed by atoms with Crippen LogP contribution in [0.3, 0.4) is 0 Å². The van der Waals surface area contributed by atoms with Crippen molar-refractivity contribution in [2.75, 3.05) is 18.2 Å². The van der Waals surface area contributed by atoms with Gasteiger partial charge in [-0.2, -0.15) is 0 Å². The fourth-order valence-corrected chi connectivity index (χ4v) is 4.20. The van der Waals surface area contributed by atoms with Crippen molar-refractivity contribution in [2.45, 2.75) is 38.1 Å². The summed E-state index contributed by atoms with van der Waals surface area (Å²) in [6, 6.07) is 12.4. The van der Waals surface area contributed by atoms with Gasteiger partial charge in [-0.05, 0) is 51.1 Å². The predicted molar refractivity (Wildman–Crippen MR) is 128 cm³/mol. The molecule has 170 valence electrons. The first-order valence-corrected chi connectivity index (χ1v) is 11.7. The molecule has 1 unspecified atom stereocenters. The molecule has 1 N–H and O–H groups in total. The Hall–Kier alpha value is -2.42. The third kappa shape index (κ3) is 6.09. The lowest BCUT2D eigenvalue weighted by Crippen LogP contribution is -2.16. The Morgan fingerprint density at radius 3 is 2.59 bits per heavy atom. The van der Waals surface area contributed by atoms with Crippen molar-refractivity contribution in [1.82, 2.24) is 14.8 Å². The average molecular weight is 495 g/mol. The second-order valence-corrected chi connectivity index (χ2v) is 8.99. The highest BCUT2D eigenvalue weighted by molar-refractivity contribution is 7.99. The number of ether oxygens (including phenoxy) is 2. The number of benzene rings is 2. The molecule has 0 aliphatic heterocycles. The Labute approximate surface area is 201 Å². The fraction of sp³-hybridized carbons (Fsp3) is 0.318. The van der Waals surface area contributed by atoms with E-state index in [9.17, 15) is 4.79 Å². The number of hydrogen-bond acceptors (Lipinski definition) is 6. The lowest BCUT2D eigenvalue weighted by Gasteiger charge is -2.19. The van der Waals surface area contributed by atoms with Gasteiger partial charge in [-0.25, -0.2) is 0 Å². The summed E-state index contributed by atoms with van der Waals surface area (Å²) >= 11 is 13.4. The first-order chi connectivity index (χ1) is 15.3. The number of amides is 1. The molecule has 0 aliphatic carbocycles. The molecule has 3 aromatic rings. The molecule has 1 amide bonds. The standard InChI is InChI=1S/C22H24Cl2N4O3S/c1-13(2)28-21(14(3)31-17-7-5-6-16(11-17)30-4)26-27-22(28)32-12-20(29)25-19-10-15(23)8-9-18(19)24/h5-11,13-14H,12H2,1-4H3,(H,25,29). The maximum atomic E-state index is 12.4. The van der Waals surface area contributed by atoms with Gasteiger partial charge in [0.25, 0.3) is 0 Å². The summed E-state index contributed by atoms with van der Waals surface area (Å²) in [7, 11) is 1.61. The molecule has 1 atom stereocenters. The molecule has 3 rings (SSSR count). The number of nitrogens with zero attached hydrogens (tertiary/aromatic N) is 3. The van der Waals surface area contributed by atoms with Gasteiger partial charge in [0.2, 0.25) is 5.91 Å². The van der Waals surface area contributed by atoms with E-state index in [0.717, 1.165) is 0 Å². The van der Waals surface area contributed by atoms with Crippen LogP contribution in [0.5, 0.6) is 11.5 Å². The van der Waals surface area contributed by atoms with E-state index in [1.165, 1.54) is 11.8 Å². The molecule has 7 nitrogen and oxygen atoms in total. The second kappa shape index (κ2) is 10.9. The van der Waals surface area contributed by atoms with Crippen molar-refractivity contribution < 1.29 is 14.3 Å². The quantitative estimate of drug-likeness (QED) is 0.365. The first-order valence-electron chi connectivity index (χ1n) is 9.91. The van der Waals surface area contributed by atoms with Gasteiger partial charge in [0, 0.05) is 17.1 Å². The third-order valence-electron chi connectivity index (χ3n) is 4.46. The summed E-state index contributed by atoms with van der Waals surface area (Å²) in [5.41, 5.74) is 0.469. The average Bonchev–Trinajstić information content (AvgIpc) is 3.19. The molecule has 0 aliphatic rings. The second-order valence-electron chi connectivity index (χ2n) is 7.20. The van der Waals surface area contributed by atoms with Gasteiger partial charge >= 0.3 is 0 Å². The molecule has 0 spiro atoms. The predicted octanol–water partition coefficient (Wildman–Crippen LogP) is 6.05. The zero-order valence-electron chi connectivity index (χ0n) is 18.1. The van der Waals surface area contributed by atoms with E-state index in [1.54, 1.807) is 25.3 Å². The number of anilines is 1. The summed E-state index contributed by atoms with van der Waals surface area (Å²) in [6.45, 7) is 5.96. The topological polar surface area (TPSA) is 78.3 Å². The van der Waals surface area contributed by atoms with Crippen LogP contribution in [0.2, 0.25) is 10.0 Å². The van der Waals surface area contributed by atoms with E-state index in [2.05, 4.69) is 15.5 Å².